The molecule has 150 valence electrons. The van der Waals surface area contributed by atoms with Crippen molar-refractivity contribution >= 4 is 17.7 Å². The highest BCUT2D eigenvalue weighted by atomic mass is 32.2. The van der Waals surface area contributed by atoms with E-state index in [9.17, 15) is 4.79 Å². The fourth-order valence-corrected chi connectivity index (χ4v) is 4.79. The Balaban J connectivity index is 1.27. The van der Waals surface area contributed by atoms with E-state index in [-0.39, 0.29) is 5.91 Å². The van der Waals surface area contributed by atoms with Gasteiger partial charge in [-0.15, -0.1) is 22.0 Å². The number of hydrogen-bond acceptors (Lipinski definition) is 5. The van der Waals surface area contributed by atoms with Gasteiger partial charge in [0.05, 0.1) is 12.3 Å². The Labute approximate surface area is 171 Å². The number of nitrogens with zero attached hydrogens (tertiary/aromatic N) is 4. The lowest BCUT2D eigenvalue weighted by atomic mass is 9.95. The predicted octanol–water partition coefficient (Wildman–Crippen LogP) is 3.00. The van der Waals surface area contributed by atoms with E-state index >= 15 is 0 Å². The first-order valence-corrected chi connectivity index (χ1v) is 11.2. The summed E-state index contributed by atoms with van der Waals surface area (Å²) in [6.07, 6.45) is 1.95. The van der Waals surface area contributed by atoms with Gasteiger partial charge in [0.1, 0.15) is 11.6 Å². The van der Waals surface area contributed by atoms with Gasteiger partial charge in [0.2, 0.25) is 5.91 Å². The third-order valence-corrected chi connectivity index (χ3v) is 6.77. The number of likely N-dealkylation sites (tertiary alicyclic amines) is 1. The summed E-state index contributed by atoms with van der Waals surface area (Å²) < 4.78 is 2.27. The normalized spacial score (nSPS) is 17.8. The Hall–Kier alpha value is -1.86. The van der Waals surface area contributed by atoms with Crippen molar-refractivity contribution in [3.8, 4) is 0 Å². The molecule has 1 fully saturated rings. The van der Waals surface area contributed by atoms with Crippen LogP contribution in [0.5, 0.6) is 0 Å². The fraction of sp³-hybridized carbons (Fsp3) is 0.571. The van der Waals surface area contributed by atoms with Crippen molar-refractivity contribution in [2.24, 2.45) is 0 Å². The van der Waals surface area contributed by atoms with E-state index in [1.165, 1.54) is 5.56 Å². The first-order chi connectivity index (χ1) is 13.6. The number of hydrogen-bond donors (Lipinski definition) is 1. The van der Waals surface area contributed by atoms with Crippen LogP contribution in [0.3, 0.4) is 0 Å². The molecule has 0 atom stereocenters. The second-order valence-corrected chi connectivity index (χ2v) is 9.02. The number of carbonyl (C=O) groups excluding carboxylic acids is 1. The molecule has 3 heterocycles. The highest BCUT2D eigenvalue weighted by Gasteiger charge is 2.28. The summed E-state index contributed by atoms with van der Waals surface area (Å²) in [5, 5.41) is 12.1. The standard InChI is InChI=1S/C21H29N5OS/c1-15(2)16-3-5-18(6-4-16)28-14-20(27)25-10-7-17(8-11-25)21-24-23-19-13-22-9-12-26(19)21/h3-6,15,17,22H,7-14H2,1-2H3. The van der Waals surface area contributed by atoms with Crippen LogP contribution in [0.4, 0.5) is 0 Å². The molecule has 0 spiro atoms. The molecule has 0 radical (unpaired) electrons. The number of fused-ring (bicyclic) bond motifs is 1. The Morgan fingerprint density at radius 3 is 2.64 bits per heavy atom. The van der Waals surface area contributed by atoms with Gasteiger partial charge in [0.15, 0.2) is 0 Å². The third-order valence-electron chi connectivity index (χ3n) is 5.77. The molecule has 1 aromatic carbocycles. The Morgan fingerprint density at radius 1 is 1.18 bits per heavy atom. The van der Waals surface area contributed by atoms with E-state index in [1.54, 1.807) is 11.8 Å². The van der Waals surface area contributed by atoms with Gasteiger partial charge in [0.25, 0.3) is 0 Å². The molecule has 4 rings (SSSR count). The van der Waals surface area contributed by atoms with Gasteiger partial charge in [-0.2, -0.15) is 0 Å². The largest absolute Gasteiger partial charge is 0.342 e. The fourth-order valence-electron chi connectivity index (χ4n) is 3.99. The van der Waals surface area contributed by atoms with Crippen molar-refractivity contribution in [3.63, 3.8) is 0 Å². The Bertz CT molecular complexity index is 809. The van der Waals surface area contributed by atoms with Crippen molar-refractivity contribution in [3.05, 3.63) is 41.5 Å². The summed E-state index contributed by atoms with van der Waals surface area (Å²) in [7, 11) is 0. The van der Waals surface area contributed by atoms with Crippen LogP contribution in [-0.2, 0) is 17.9 Å². The maximum absolute atomic E-state index is 12.6. The van der Waals surface area contributed by atoms with Gasteiger partial charge in [-0.25, -0.2) is 0 Å². The molecule has 1 saturated heterocycles. The molecule has 1 amide bonds. The summed E-state index contributed by atoms with van der Waals surface area (Å²) in [6.45, 7) is 8.75. The molecular formula is C21H29N5OS. The smallest absolute Gasteiger partial charge is 0.232 e. The van der Waals surface area contributed by atoms with Crippen LogP contribution in [0.25, 0.3) is 0 Å². The van der Waals surface area contributed by atoms with Gasteiger partial charge < -0.3 is 14.8 Å². The molecule has 0 saturated carbocycles. The topological polar surface area (TPSA) is 63.1 Å². The summed E-state index contributed by atoms with van der Waals surface area (Å²) in [6, 6.07) is 8.58. The summed E-state index contributed by atoms with van der Waals surface area (Å²) >= 11 is 1.64. The molecule has 0 bridgehead atoms. The number of carbonyl (C=O) groups is 1. The van der Waals surface area contributed by atoms with Crippen LogP contribution in [-0.4, -0.2) is 51.0 Å². The average molecular weight is 400 g/mol. The quantitative estimate of drug-likeness (QED) is 0.783. The van der Waals surface area contributed by atoms with Crippen molar-refractivity contribution in [2.75, 3.05) is 25.4 Å². The number of nitrogens with one attached hydrogen (secondary N) is 1. The van der Waals surface area contributed by atoms with Crippen LogP contribution in [0.1, 0.15) is 55.7 Å². The van der Waals surface area contributed by atoms with Crippen LogP contribution in [0, 0.1) is 0 Å². The molecule has 0 unspecified atom stereocenters. The van der Waals surface area contributed by atoms with Crippen LogP contribution < -0.4 is 5.32 Å². The number of amides is 1. The minimum Gasteiger partial charge on any atom is -0.342 e. The molecule has 1 N–H and O–H groups in total. The minimum atomic E-state index is 0.240. The predicted molar refractivity (Wildman–Crippen MR) is 112 cm³/mol. The van der Waals surface area contributed by atoms with E-state index in [1.807, 2.05) is 4.90 Å². The third kappa shape index (κ3) is 4.25. The van der Waals surface area contributed by atoms with Crippen LogP contribution in [0.15, 0.2) is 29.2 Å². The molecule has 2 aromatic rings. The molecule has 6 nitrogen and oxygen atoms in total. The molecule has 28 heavy (non-hydrogen) atoms. The van der Waals surface area contributed by atoms with Gasteiger partial charge >= 0.3 is 0 Å². The highest BCUT2D eigenvalue weighted by Crippen LogP contribution is 2.29. The number of rotatable bonds is 5. The van der Waals surface area contributed by atoms with Crippen molar-refractivity contribution < 1.29 is 4.79 Å². The lowest BCUT2D eigenvalue weighted by Crippen LogP contribution is -2.39. The average Bonchev–Trinajstić information content (AvgIpc) is 3.16. The van der Waals surface area contributed by atoms with Gasteiger partial charge in [-0.1, -0.05) is 26.0 Å². The molecule has 7 heteroatoms. The minimum absolute atomic E-state index is 0.240. The van der Waals surface area contributed by atoms with Crippen molar-refractivity contribution in [2.45, 2.75) is 56.5 Å². The first-order valence-electron chi connectivity index (χ1n) is 10.2. The van der Waals surface area contributed by atoms with Gasteiger partial charge in [0, 0.05) is 37.0 Å². The summed E-state index contributed by atoms with van der Waals surface area (Å²) in [5.41, 5.74) is 1.34. The summed E-state index contributed by atoms with van der Waals surface area (Å²) in [4.78, 5) is 15.8. The summed E-state index contributed by atoms with van der Waals surface area (Å²) in [5.74, 6) is 3.86. The van der Waals surface area contributed by atoms with E-state index in [2.05, 4.69) is 58.2 Å². The number of aromatic nitrogens is 3. The molecule has 1 aromatic heterocycles. The maximum Gasteiger partial charge on any atom is 0.232 e. The molecule has 2 aliphatic rings. The van der Waals surface area contributed by atoms with E-state index in [0.717, 1.165) is 62.1 Å². The molecule has 2 aliphatic heterocycles. The van der Waals surface area contributed by atoms with Crippen LogP contribution >= 0.6 is 11.8 Å². The second kappa shape index (κ2) is 8.66. The zero-order chi connectivity index (χ0) is 19.5. The SMILES string of the molecule is CC(C)c1ccc(SCC(=O)N2CCC(c3nnc4n3CCNC4)CC2)cc1. The molecule has 0 aliphatic carbocycles. The molecular weight excluding hydrogens is 370 g/mol. The maximum atomic E-state index is 12.6. The van der Waals surface area contributed by atoms with Crippen molar-refractivity contribution in [1.29, 1.82) is 0 Å². The number of benzene rings is 1. The van der Waals surface area contributed by atoms with Crippen LogP contribution in [0.2, 0.25) is 0 Å². The number of thioether (sulfide) groups is 1. The van der Waals surface area contributed by atoms with E-state index in [0.29, 0.717) is 17.6 Å². The lowest BCUT2D eigenvalue weighted by Gasteiger charge is -2.32. The zero-order valence-corrected chi connectivity index (χ0v) is 17.5. The lowest BCUT2D eigenvalue weighted by molar-refractivity contribution is -0.129. The van der Waals surface area contributed by atoms with E-state index in [4.69, 9.17) is 0 Å². The van der Waals surface area contributed by atoms with Gasteiger partial charge in [-0.05, 0) is 36.5 Å². The first kappa shape index (κ1) is 19.5. The highest BCUT2D eigenvalue weighted by molar-refractivity contribution is 8.00. The Kier molecular flexibility index (Phi) is 6.01. The van der Waals surface area contributed by atoms with Gasteiger partial charge in [-0.3, -0.25) is 4.79 Å². The number of piperidine rings is 1. The van der Waals surface area contributed by atoms with Crippen molar-refractivity contribution in [1.82, 2.24) is 25.0 Å². The second-order valence-electron chi connectivity index (χ2n) is 7.97. The monoisotopic (exact) mass is 399 g/mol. The Morgan fingerprint density at radius 2 is 1.93 bits per heavy atom. The van der Waals surface area contributed by atoms with E-state index < -0.39 is 0 Å². The zero-order valence-electron chi connectivity index (χ0n) is 16.7.